The summed E-state index contributed by atoms with van der Waals surface area (Å²) >= 11 is 0. The van der Waals surface area contributed by atoms with Crippen molar-refractivity contribution in [3.63, 3.8) is 0 Å². The van der Waals surface area contributed by atoms with Crippen molar-refractivity contribution in [2.24, 2.45) is 0 Å². The number of ether oxygens (including phenoxy) is 5. The highest BCUT2D eigenvalue weighted by Crippen LogP contribution is 2.40. The van der Waals surface area contributed by atoms with Crippen molar-refractivity contribution in [2.75, 3.05) is 59.5 Å². The molecular formula is C39H56O5. The van der Waals surface area contributed by atoms with Crippen molar-refractivity contribution >= 4 is 0 Å². The molecule has 44 heavy (non-hydrogen) atoms. The monoisotopic (exact) mass is 604 g/mol. The summed E-state index contributed by atoms with van der Waals surface area (Å²) in [5, 5.41) is 0. The van der Waals surface area contributed by atoms with Crippen LogP contribution >= 0.6 is 0 Å². The van der Waals surface area contributed by atoms with Gasteiger partial charge in [0, 0.05) is 6.61 Å². The zero-order valence-corrected chi connectivity index (χ0v) is 27.1. The number of unbranched alkanes of at least 4 members (excludes halogenated alkanes) is 9. The Morgan fingerprint density at radius 1 is 0.364 bits per heavy atom. The van der Waals surface area contributed by atoms with Crippen LogP contribution in [0.3, 0.4) is 0 Å². The Bertz CT molecular complexity index is 947. The van der Waals surface area contributed by atoms with Crippen molar-refractivity contribution in [1.82, 2.24) is 0 Å². The highest BCUT2D eigenvalue weighted by molar-refractivity contribution is 5.47. The van der Waals surface area contributed by atoms with E-state index in [1.54, 1.807) is 0 Å². The first kappa shape index (κ1) is 35.9. The van der Waals surface area contributed by atoms with Crippen molar-refractivity contribution in [3.05, 3.63) is 108 Å². The predicted octanol–water partition coefficient (Wildman–Crippen LogP) is 8.98. The minimum Gasteiger partial charge on any atom is -0.379 e. The van der Waals surface area contributed by atoms with E-state index < -0.39 is 5.60 Å². The van der Waals surface area contributed by atoms with Crippen LogP contribution in [0.15, 0.2) is 91.0 Å². The van der Waals surface area contributed by atoms with Crippen molar-refractivity contribution < 1.29 is 23.7 Å². The molecule has 5 nitrogen and oxygen atoms in total. The van der Waals surface area contributed by atoms with E-state index in [1.165, 1.54) is 57.8 Å². The molecule has 5 heteroatoms. The van der Waals surface area contributed by atoms with Crippen LogP contribution in [0.2, 0.25) is 0 Å². The van der Waals surface area contributed by atoms with E-state index in [0.29, 0.717) is 52.9 Å². The molecule has 0 spiro atoms. The van der Waals surface area contributed by atoms with E-state index in [-0.39, 0.29) is 0 Å². The fourth-order valence-corrected chi connectivity index (χ4v) is 5.48. The van der Waals surface area contributed by atoms with Crippen LogP contribution in [0.25, 0.3) is 0 Å². The number of rotatable bonds is 27. The Kier molecular flexibility index (Phi) is 19.4. The lowest BCUT2D eigenvalue weighted by molar-refractivity contribution is -0.0384. The molecule has 3 aromatic carbocycles. The van der Waals surface area contributed by atoms with Crippen LogP contribution in [-0.2, 0) is 29.3 Å². The van der Waals surface area contributed by atoms with Crippen LogP contribution in [0, 0.1) is 0 Å². The molecule has 0 unspecified atom stereocenters. The van der Waals surface area contributed by atoms with E-state index in [4.69, 9.17) is 23.7 Å². The molecule has 0 fully saturated rings. The third kappa shape index (κ3) is 13.6. The lowest BCUT2D eigenvalue weighted by Gasteiger charge is -2.36. The van der Waals surface area contributed by atoms with Gasteiger partial charge in [-0.05, 0) is 23.1 Å². The average molecular weight is 605 g/mol. The number of benzene rings is 3. The smallest absolute Gasteiger partial charge is 0.143 e. The van der Waals surface area contributed by atoms with Gasteiger partial charge in [-0.2, -0.15) is 0 Å². The van der Waals surface area contributed by atoms with Gasteiger partial charge in [-0.25, -0.2) is 0 Å². The van der Waals surface area contributed by atoms with E-state index >= 15 is 0 Å². The maximum Gasteiger partial charge on any atom is 0.143 e. The second kappa shape index (κ2) is 23.8. The van der Waals surface area contributed by atoms with Gasteiger partial charge >= 0.3 is 0 Å². The number of hydrogen-bond acceptors (Lipinski definition) is 5. The SMILES string of the molecule is CCCCCCCCCCCCOCCOCCOCCOCCOC(c1ccccc1)(c1ccccc1)c1ccccc1. The molecule has 0 atom stereocenters. The molecular weight excluding hydrogens is 548 g/mol. The Morgan fingerprint density at radius 2 is 0.682 bits per heavy atom. The predicted molar refractivity (Wildman–Crippen MR) is 180 cm³/mol. The van der Waals surface area contributed by atoms with E-state index in [0.717, 1.165) is 29.7 Å². The highest BCUT2D eigenvalue weighted by atomic mass is 16.6. The standard InChI is InChI=1S/C39H56O5/c1-2-3-4-5-6-7-8-9-10-20-27-40-28-29-41-30-31-42-32-33-43-34-35-44-39(36-21-14-11-15-22-36,37-23-16-12-17-24-37)38-25-18-13-19-26-38/h11-19,21-26H,2-10,20,27-35H2,1H3. The van der Waals surface area contributed by atoms with Gasteiger partial charge in [0.15, 0.2) is 0 Å². The lowest BCUT2D eigenvalue weighted by atomic mass is 9.80. The van der Waals surface area contributed by atoms with Gasteiger partial charge in [0.05, 0.1) is 52.9 Å². The summed E-state index contributed by atoms with van der Waals surface area (Å²) in [6.45, 7) is 7.45. The Morgan fingerprint density at radius 3 is 1.07 bits per heavy atom. The van der Waals surface area contributed by atoms with Gasteiger partial charge in [-0.3, -0.25) is 0 Å². The first-order valence-electron chi connectivity index (χ1n) is 17.0. The van der Waals surface area contributed by atoms with Crippen LogP contribution < -0.4 is 0 Å². The molecule has 0 aliphatic rings. The molecule has 0 aromatic heterocycles. The molecule has 0 aliphatic heterocycles. The van der Waals surface area contributed by atoms with Crippen LogP contribution in [0.4, 0.5) is 0 Å². The Hall–Kier alpha value is -2.54. The van der Waals surface area contributed by atoms with Crippen molar-refractivity contribution in [1.29, 1.82) is 0 Å². The van der Waals surface area contributed by atoms with Gasteiger partial charge in [0.2, 0.25) is 0 Å². The molecule has 0 saturated carbocycles. The normalized spacial score (nSPS) is 11.7. The second-order valence-electron chi connectivity index (χ2n) is 11.3. The summed E-state index contributed by atoms with van der Waals surface area (Å²) in [4.78, 5) is 0. The summed E-state index contributed by atoms with van der Waals surface area (Å²) in [7, 11) is 0. The molecule has 0 bridgehead atoms. The quantitative estimate of drug-likeness (QED) is 0.0642. The summed E-state index contributed by atoms with van der Waals surface area (Å²) in [5.41, 5.74) is 2.54. The molecule has 0 N–H and O–H groups in total. The Balaban J connectivity index is 1.21. The highest BCUT2D eigenvalue weighted by Gasteiger charge is 2.37. The third-order valence-electron chi connectivity index (χ3n) is 7.85. The topological polar surface area (TPSA) is 46.2 Å². The maximum absolute atomic E-state index is 6.73. The minimum absolute atomic E-state index is 0.445. The van der Waals surface area contributed by atoms with E-state index in [1.807, 2.05) is 18.2 Å². The fraction of sp³-hybridized carbons (Fsp3) is 0.538. The van der Waals surface area contributed by atoms with Crippen molar-refractivity contribution in [2.45, 2.75) is 76.7 Å². The first-order chi connectivity index (χ1) is 21.9. The molecule has 242 valence electrons. The molecule has 0 amide bonds. The van der Waals surface area contributed by atoms with Crippen LogP contribution in [0.5, 0.6) is 0 Å². The minimum atomic E-state index is -0.724. The van der Waals surface area contributed by atoms with Gasteiger partial charge in [0.1, 0.15) is 5.60 Å². The summed E-state index contributed by atoms with van der Waals surface area (Å²) in [6, 6.07) is 31.2. The van der Waals surface area contributed by atoms with Crippen molar-refractivity contribution in [3.8, 4) is 0 Å². The zero-order chi connectivity index (χ0) is 30.8. The molecule has 3 rings (SSSR count). The first-order valence-corrected chi connectivity index (χ1v) is 17.0. The summed E-state index contributed by atoms with van der Waals surface area (Å²) in [6.07, 6.45) is 13.4. The third-order valence-corrected chi connectivity index (χ3v) is 7.85. The van der Waals surface area contributed by atoms with Crippen LogP contribution in [0.1, 0.15) is 87.8 Å². The van der Waals surface area contributed by atoms with Gasteiger partial charge in [0.25, 0.3) is 0 Å². The average Bonchev–Trinajstić information content (AvgIpc) is 3.08. The molecule has 0 heterocycles. The molecule has 3 aromatic rings. The largest absolute Gasteiger partial charge is 0.379 e. The summed E-state index contributed by atoms with van der Waals surface area (Å²) < 4.78 is 29.6. The maximum atomic E-state index is 6.73. The van der Waals surface area contributed by atoms with Gasteiger partial charge < -0.3 is 23.7 Å². The van der Waals surface area contributed by atoms with E-state index in [2.05, 4.69) is 79.7 Å². The summed E-state index contributed by atoms with van der Waals surface area (Å²) in [5.74, 6) is 0. The van der Waals surface area contributed by atoms with Crippen LogP contribution in [-0.4, -0.2) is 59.5 Å². The number of hydrogen-bond donors (Lipinski definition) is 0. The molecule has 0 radical (unpaired) electrons. The zero-order valence-electron chi connectivity index (χ0n) is 27.1. The molecule has 0 saturated heterocycles. The Labute approximate surface area is 267 Å². The van der Waals surface area contributed by atoms with Gasteiger partial charge in [-0.15, -0.1) is 0 Å². The second-order valence-corrected chi connectivity index (χ2v) is 11.3. The molecule has 0 aliphatic carbocycles. The lowest BCUT2D eigenvalue weighted by Crippen LogP contribution is -2.34. The van der Waals surface area contributed by atoms with E-state index in [9.17, 15) is 0 Å². The fourth-order valence-electron chi connectivity index (χ4n) is 5.48. The van der Waals surface area contributed by atoms with Gasteiger partial charge in [-0.1, -0.05) is 156 Å².